The van der Waals surface area contributed by atoms with Crippen LogP contribution in [0.15, 0.2) is 48.5 Å². The van der Waals surface area contributed by atoms with Gasteiger partial charge in [0, 0.05) is 6.42 Å². The Morgan fingerprint density at radius 3 is 1.47 bits per heavy atom. The summed E-state index contributed by atoms with van der Waals surface area (Å²) in [4.78, 5) is 10.2. The molecule has 2 aromatic carbocycles. The van der Waals surface area contributed by atoms with Gasteiger partial charge in [-0.2, -0.15) is 0 Å². The Morgan fingerprint density at radius 1 is 0.895 bits per heavy atom. The lowest BCUT2D eigenvalue weighted by molar-refractivity contribution is -0.142. The smallest absolute Gasteiger partial charge is 0.305 e. The molecule has 0 spiro atoms. The highest BCUT2D eigenvalue weighted by atomic mass is 16.5. The summed E-state index contributed by atoms with van der Waals surface area (Å²) in [5.41, 5.74) is 0. The molecule has 0 aliphatic carbocycles. The van der Waals surface area contributed by atoms with Gasteiger partial charge in [-0.1, -0.05) is 69.3 Å². The van der Waals surface area contributed by atoms with Crippen molar-refractivity contribution in [2.45, 2.75) is 34.1 Å². The molecular weight excluding hydrogens is 236 g/mol. The van der Waals surface area contributed by atoms with E-state index in [1.807, 2.05) is 13.8 Å². The summed E-state index contributed by atoms with van der Waals surface area (Å²) < 4.78 is 4.55. The van der Waals surface area contributed by atoms with E-state index in [1.54, 1.807) is 13.8 Å². The van der Waals surface area contributed by atoms with Crippen LogP contribution >= 0.6 is 0 Å². The van der Waals surface area contributed by atoms with E-state index >= 15 is 0 Å². The molecule has 2 nitrogen and oxygen atoms in total. The van der Waals surface area contributed by atoms with Gasteiger partial charge in [0.15, 0.2) is 0 Å². The summed E-state index contributed by atoms with van der Waals surface area (Å²) in [6.45, 7) is 8.07. The lowest BCUT2D eigenvalue weighted by Gasteiger charge is -1.93. The van der Waals surface area contributed by atoms with Crippen LogP contribution in [0.3, 0.4) is 0 Å². The molecule has 0 heterocycles. The molecule has 0 fully saturated rings. The number of benzene rings is 2. The molecule has 2 rings (SSSR count). The van der Waals surface area contributed by atoms with E-state index in [4.69, 9.17) is 0 Å². The average Bonchev–Trinajstić information content (AvgIpc) is 2.50. The molecule has 0 bridgehead atoms. The molecule has 0 saturated heterocycles. The van der Waals surface area contributed by atoms with Crippen LogP contribution in [0.5, 0.6) is 0 Å². The molecule has 0 aromatic heterocycles. The van der Waals surface area contributed by atoms with Gasteiger partial charge in [-0.15, -0.1) is 0 Å². The number of rotatable bonds is 2. The number of carbonyl (C=O) groups is 1. The zero-order valence-electron chi connectivity index (χ0n) is 12.3. The first-order chi connectivity index (χ1) is 9.27. The molecule has 2 aromatic rings. The van der Waals surface area contributed by atoms with Crippen molar-refractivity contribution < 1.29 is 9.53 Å². The van der Waals surface area contributed by atoms with Crippen LogP contribution in [-0.4, -0.2) is 12.6 Å². The molecule has 0 N–H and O–H groups in total. The van der Waals surface area contributed by atoms with E-state index in [2.05, 4.69) is 53.3 Å². The predicted octanol–water partition coefficient (Wildman–Crippen LogP) is 4.83. The topological polar surface area (TPSA) is 26.3 Å². The van der Waals surface area contributed by atoms with Crippen molar-refractivity contribution in [3.05, 3.63) is 48.5 Å². The summed E-state index contributed by atoms with van der Waals surface area (Å²) in [5, 5.41) is 2.62. The van der Waals surface area contributed by atoms with Crippen LogP contribution in [0.1, 0.15) is 34.1 Å². The third-order valence-electron chi connectivity index (χ3n) is 2.25. The molecule has 0 unspecified atom stereocenters. The second-order valence-corrected chi connectivity index (χ2v) is 3.51. The Bertz CT molecular complexity index is 398. The van der Waals surface area contributed by atoms with Crippen molar-refractivity contribution in [1.82, 2.24) is 0 Å². The molecule has 104 valence electrons. The standard InChI is InChI=1S/C10H8.C5H10O2.C2H6/c1-2-6-10-8-4-3-7-9(10)5-1;1-3-5(6)7-4-2;1-2/h1-8H;3-4H2,1-2H3;1-2H3. The number of carbonyl (C=O) groups excluding carboxylic acids is 1. The van der Waals surface area contributed by atoms with Crippen molar-refractivity contribution in [2.24, 2.45) is 0 Å². The van der Waals surface area contributed by atoms with E-state index in [9.17, 15) is 4.79 Å². The largest absolute Gasteiger partial charge is 0.466 e. The van der Waals surface area contributed by atoms with E-state index in [1.165, 1.54) is 10.8 Å². The molecule has 0 saturated carbocycles. The van der Waals surface area contributed by atoms with Gasteiger partial charge in [0.2, 0.25) is 0 Å². The zero-order chi connectivity index (χ0) is 14.5. The van der Waals surface area contributed by atoms with Crippen molar-refractivity contribution in [1.29, 1.82) is 0 Å². The normalized spacial score (nSPS) is 8.63. The van der Waals surface area contributed by atoms with Gasteiger partial charge in [0.05, 0.1) is 6.61 Å². The van der Waals surface area contributed by atoms with Crippen LogP contribution in [-0.2, 0) is 9.53 Å². The van der Waals surface area contributed by atoms with Crippen molar-refractivity contribution in [3.63, 3.8) is 0 Å². The molecule has 0 amide bonds. The van der Waals surface area contributed by atoms with E-state index < -0.39 is 0 Å². The minimum absolute atomic E-state index is 0.123. The second kappa shape index (κ2) is 11.3. The highest BCUT2D eigenvalue weighted by Gasteiger charge is 1.91. The quantitative estimate of drug-likeness (QED) is 0.723. The molecule has 0 atom stereocenters. The number of fused-ring (bicyclic) bond motifs is 1. The summed E-state index contributed by atoms with van der Waals surface area (Å²) in [6, 6.07) is 16.7. The van der Waals surface area contributed by atoms with Gasteiger partial charge >= 0.3 is 5.97 Å². The van der Waals surface area contributed by atoms with Crippen molar-refractivity contribution in [2.75, 3.05) is 6.61 Å². The number of ether oxygens (including phenoxy) is 1. The van der Waals surface area contributed by atoms with Crippen LogP contribution in [0.25, 0.3) is 10.8 Å². The lowest BCUT2D eigenvalue weighted by atomic mass is 10.1. The summed E-state index contributed by atoms with van der Waals surface area (Å²) in [5.74, 6) is -0.123. The average molecular weight is 260 g/mol. The summed E-state index contributed by atoms with van der Waals surface area (Å²) in [6.07, 6.45) is 0.480. The Kier molecular flexibility index (Phi) is 10.2. The maximum atomic E-state index is 10.2. The molecular formula is C17H24O2. The van der Waals surface area contributed by atoms with Crippen LogP contribution in [0.2, 0.25) is 0 Å². The Labute approximate surface area is 116 Å². The number of hydrogen-bond donors (Lipinski definition) is 0. The van der Waals surface area contributed by atoms with Crippen LogP contribution < -0.4 is 0 Å². The number of hydrogen-bond acceptors (Lipinski definition) is 2. The SMILES string of the molecule is CC.CCOC(=O)CC.c1ccc2ccccc2c1. The monoisotopic (exact) mass is 260 g/mol. The highest BCUT2D eigenvalue weighted by molar-refractivity contribution is 5.82. The Balaban J connectivity index is 0.000000321. The molecule has 0 aliphatic heterocycles. The fraction of sp³-hybridized carbons (Fsp3) is 0.353. The van der Waals surface area contributed by atoms with E-state index in [0.29, 0.717) is 13.0 Å². The molecule has 2 heteroatoms. The van der Waals surface area contributed by atoms with Crippen molar-refractivity contribution in [3.8, 4) is 0 Å². The highest BCUT2D eigenvalue weighted by Crippen LogP contribution is 2.11. The predicted molar refractivity (Wildman–Crippen MR) is 82.2 cm³/mol. The maximum Gasteiger partial charge on any atom is 0.305 e. The third-order valence-corrected chi connectivity index (χ3v) is 2.25. The first-order valence-corrected chi connectivity index (χ1v) is 6.87. The van der Waals surface area contributed by atoms with Gasteiger partial charge in [-0.3, -0.25) is 4.79 Å². The van der Waals surface area contributed by atoms with Gasteiger partial charge in [0.1, 0.15) is 0 Å². The molecule has 0 aliphatic rings. The van der Waals surface area contributed by atoms with Gasteiger partial charge < -0.3 is 4.74 Å². The first-order valence-electron chi connectivity index (χ1n) is 6.87. The van der Waals surface area contributed by atoms with Crippen molar-refractivity contribution >= 4 is 16.7 Å². The van der Waals surface area contributed by atoms with E-state index in [-0.39, 0.29) is 5.97 Å². The Hall–Kier alpha value is -1.83. The summed E-state index contributed by atoms with van der Waals surface area (Å²) >= 11 is 0. The third kappa shape index (κ3) is 7.24. The fourth-order valence-electron chi connectivity index (χ4n) is 1.40. The number of esters is 1. The van der Waals surface area contributed by atoms with Crippen LogP contribution in [0.4, 0.5) is 0 Å². The minimum Gasteiger partial charge on any atom is -0.466 e. The molecule has 0 radical (unpaired) electrons. The van der Waals surface area contributed by atoms with Gasteiger partial charge in [-0.05, 0) is 17.7 Å². The fourth-order valence-corrected chi connectivity index (χ4v) is 1.40. The van der Waals surface area contributed by atoms with Gasteiger partial charge in [-0.25, -0.2) is 0 Å². The minimum atomic E-state index is -0.123. The van der Waals surface area contributed by atoms with E-state index in [0.717, 1.165) is 0 Å². The first kappa shape index (κ1) is 17.2. The zero-order valence-corrected chi connectivity index (χ0v) is 12.3. The lowest BCUT2D eigenvalue weighted by Crippen LogP contribution is -2.00. The second-order valence-electron chi connectivity index (χ2n) is 3.51. The Morgan fingerprint density at radius 2 is 1.26 bits per heavy atom. The van der Waals surface area contributed by atoms with Gasteiger partial charge in [0.25, 0.3) is 0 Å². The summed E-state index contributed by atoms with van der Waals surface area (Å²) in [7, 11) is 0. The van der Waals surface area contributed by atoms with Crippen LogP contribution in [0, 0.1) is 0 Å². The maximum absolute atomic E-state index is 10.2. The molecule has 19 heavy (non-hydrogen) atoms.